The number of allylic oxidation sites excluding steroid dienone is 2. The molecule has 0 heterocycles. The third-order valence-electron chi connectivity index (χ3n) is 4.93. The van der Waals surface area contributed by atoms with Gasteiger partial charge in [-0.3, -0.25) is 4.79 Å². The fraction of sp³-hybridized carbons (Fsp3) is 0.273. The molecule has 2 aromatic rings. The zero-order valence-electron chi connectivity index (χ0n) is 15.0. The van der Waals surface area contributed by atoms with Crippen molar-refractivity contribution in [3.05, 3.63) is 72.3 Å². The number of fused-ring (bicyclic) bond motifs is 1. The van der Waals surface area contributed by atoms with E-state index in [0.29, 0.717) is 36.4 Å². The third-order valence-corrected chi connectivity index (χ3v) is 4.93. The number of benzene rings is 2. The van der Waals surface area contributed by atoms with Crippen LogP contribution in [0.25, 0.3) is 0 Å². The topological polar surface area (TPSA) is 59.9 Å². The number of rotatable bonds is 7. The minimum absolute atomic E-state index is 0.257. The number of hydrogen-bond acceptors (Lipinski definition) is 4. The number of hydrogen-bond donors (Lipinski definition) is 1. The molecular formula is C22H22N2O3. The summed E-state index contributed by atoms with van der Waals surface area (Å²) in [5, 5.41) is 4.31. The maximum atomic E-state index is 12.5. The van der Waals surface area contributed by atoms with E-state index in [9.17, 15) is 4.79 Å². The zero-order valence-corrected chi connectivity index (χ0v) is 15.0. The molecule has 2 atom stereocenters. The van der Waals surface area contributed by atoms with E-state index in [0.717, 1.165) is 24.3 Å². The fourth-order valence-corrected chi connectivity index (χ4v) is 3.45. The SMILES string of the molecule is O=C(N/N=C1/C[C@H]2CC=C[C@H]12)c1ccccc1OCCOc1ccccc1. The number of nitrogens with zero attached hydrogens (tertiary/aromatic N) is 1. The average molecular weight is 362 g/mol. The normalized spacial score (nSPS) is 21.4. The first-order chi connectivity index (χ1) is 13.3. The van der Waals surface area contributed by atoms with Crippen LogP contribution in [0.3, 0.4) is 0 Å². The van der Waals surface area contributed by atoms with E-state index in [-0.39, 0.29) is 5.91 Å². The summed E-state index contributed by atoms with van der Waals surface area (Å²) in [7, 11) is 0. The van der Waals surface area contributed by atoms with E-state index < -0.39 is 0 Å². The van der Waals surface area contributed by atoms with Gasteiger partial charge in [-0.25, -0.2) is 5.43 Å². The number of carbonyl (C=O) groups is 1. The lowest BCUT2D eigenvalue weighted by Crippen LogP contribution is -2.35. The first-order valence-electron chi connectivity index (χ1n) is 9.24. The standard InChI is InChI=1S/C22H22N2O3/c25-22(24-23-20-15-16-7-6-11-18(16)20)19-10-4-5-12-21(19)27-14-13-26-17-8-2-1-3-9-17/h1-6,8-12,16,18H,7,13-15H2,(H,24,25)/b23-20-/t16-,18+/m1/s1. The Balaban J connectivity index is 1.31. The molecule has 0 bridgehead atoms. The van der Waals surface area contributed by atoms with Crippen LogP contribution in [-0.2, 0) is 0 Å². The van der Waals surface area contributed by atoms with Gasteiger partial charge >= 0.3 is 0 Å². The van der Waals surface area contributed by atoms with Crippen LogP contribution >= 0.6 is 0 Å². The minimum Gasteiger partial charge on any atom is -0.490 e. The Hall–Kier alpha value is -3.08. The second-order valence-electron chi connectivity index (χ2n) is 6.70. The van der Waals surface area contributed by atoms with Crippen molar-refractivity contribution in [3.63, 3.8) is 0 Å². The highest BCUT2D eigenvalue weighted by Gasteiger charge is 2.37. The highest BCUT2D eigenvalue weighted by Crippen LogP contribution is 2.40. The highest BCUT2D eigenvalue weighted by atomic mass is 16.5. The van der Waals surface area contributed by atoms with Crippen molar-refractivity contribution >= 4 is 11.6 Å². The predicted octanol–water partition coefficient (Wildman–Crippen LogP) is 3.83. The van der Waals surface area contributed by atoms with Gasteiger partial charge in [-0.1, -0.05) is 42.5 Å². The maximum Gasteiger partial charge on any atom is 0.275 e. The zero-order chi connectivity index (χ0) is 18.5. The lowest BCUT2D eigenvalue weighted by molar-refractivity contribution is 0.0948. The van der Waals surface area contributed by atoms with Gasteiger partial charge < -0.3 is 9.47 Å². The van der Waals surface area contributed by atoms with Crippen LogP contribution in [0.4, 0.5) is 0 Å². The van der Waals surface area contributed by atoms with Crippen LogP contribution < -0.4 is 14.9 Å². The van der Waals surface area contributed by atoms with Gasteiger partial charge in [-0.15, -0.1) is 0 Å². The number of carbonyl (C=O) groups excluding carboxylic acids is 1. The largest absolute Gasteiger partial charge is 0.490 e. The maximum absolute atomic E-state index is 12.5. The number of para-hydroxylation sites is 2. The Kier molecular flexibility index (Phi) is 5.19. The molecule has 2 aliphatic carbocycles. The summed E-state index contributed by atoms with van der Waals surface area (Å²) in [6, 6.07) is 16.7. The van der Waals surface area contributed by atoms with Gasteiger partial charge in [0.2, 0.25) is 0 Å². The lowest BCUT2D eigenvalue weighted by Gasteiger charge is -2.31. The first-order valence-corrected chi connectivity index (χ1v) is 9.24. The summed E-state index contributed by atoms with van der Waals surface area (Å²) >= 11 is 0. The second kappa shape index (κ2) is 8.08. The number of hydrazone groups is 1. The smallest absolute Gasteiger partial charge is 0.275 e. The summed E-state index contributed by atoms with van der Waals surface area (Å²) in [5.41, 5.74) is 4.20. The molecule has 1 saturated carbocycles. The van der Waals surface area contributed by atoms with Crippen molar-refractivity contribution in [2.24, 2.45) is 16.9 Å². The van der Waals surface area contributed by atoms with Crippen molar-refractivity contribution in [1.82, 2.24) is 5.43 Å². The molecule has 4 rings (SSSR count). The van der Waals surface area contributed by atoms with E-state index in [1.54, 1.807) is 12.1 Å². The molecule has 0 saturated heterocycles. The minimum atomic E-state index is -0.257. The summed E-state index contributed by atoms with van der Waals surface area (Å²) in [5.74, 6) is 2.15. The second-order valence-corrected chi connectivity index (χ2v) is 6.70. The van der Waals surface area contributed by atoms with E-state index in [1.165, 1.54) is 0 Å². The predicted molar refractivity (Wildman–Crippen MR) is 104 cm³/mol. The van der Waals surface area contributed by atoms with Gasteiger partial charge in [-0.05, 0) is 43.0 Å². The van der Waals surface area contributed by atoms with Crippen molar-refractivity contribution in [2.75, 3.05) is 13.2 Å². The molecule has 1 amide bonds. The molecule has 1 N–H and O–H groups in total. The third kappa shape index (κ3) is 4.03. The van der Waals surface area contributed by atoms with Crippen LogP contribution in [0.15, 0.2) is 71.9 Å². The number of amides is 1. The van der Waals surface area contributed by atoms with Gasteiger partial charge in [0.25, 0.3) is 5.91 Å². The Bertz CT molecular complexity index is 861. The van der Waals surface area contributed by atoms with Crippen LogP contribution in [0.1, 0.15) is 23.2 Å². The van der Waals surface area contributed by atoms with Crippen LogP contribution in [0.5, 0.6) is 11.5 Å². The van der Waals surface area contributed by atoms with E-state index in [4.69, 9.17) is 9.47 Å². The van der Waals surface area contributed by atoms with Gasteiger partial charge in [0.05, 0.1) is 5.56 Å². The van der Waals surface area contributed by atoms with Gasteiger partial charge in [0.1, 0.15) is 24.7 Å². The quantitative estimate of drug-likeness (QED) is 0.463. The van der Waals surface area contributed by atoms with Crippen molar-refractivity contribution in [3.8, 4) is 11.5 Å². The molecule has 27 heavy (non-hydrogen) atoms. The summed E-state index contributed by atoms with van der Waals surface area (Å²) < 4.78 is 11.4. The van der Waals surface area contributed by atoms with Crippen molar-refractivity contribution < 1.29 is 14.3 Å². The molecule has 0 spiro atoms. The molecule has 2 aliphatic rings. The van der Waals surface area contributed by atoms with E-state index in [1.807, 2.05) is 42.5 Å². The molecule has 0 radical (unpaired) electrons. The molecule has 0 unspecified atom stereocenters. The van der Waals surface area contributed by atoms with Crippen LogP contribution in [-0.4, -0.2) is 24.8 Å². The fourth-order valence-electron chi connectivity index (χ4n) is 3.45. The van der Waals surface area contributed by atoms with Gasteiger partial charge in [-0.2, -0.15) is 5.10 Å². The Morgan fingerprint density at radius 2 is 1.81 bits per heavy atom. The molecule has 0 aliphatic heterocycles. The van der Waals surface area contributed by atoms with Crippen LogP contribution in [0.2, 0.25) is 0 Å². The van der Waals surface area contributed by atoms with E-state index >= 15 is 0 Å². The molecule has 138 valence electrons. The summed E-state index contributed by atoms with van der Waals surface area (Å²) in [6.07, 6.45) is 6.47. The first kappa shape index (κ1) is 17.3. The average Bonchev–Trinajstić information content (AvgIpc) is 3.07. The van der Waals surface area contributed by atoms with Crippen molar-refractivity contribution in [1.29, 1.82) is 0 Å². The van der Waals surface area contributed by atoms with Crippen molar-refractivity contribution in [2.45, 2.75) is 12.8 Å². The number of nitrogens with one attached hydrogen (secondary N) is 1. The van der Waals surface area contributed by atoms with Crippen LogP contribution in [0, 0.1) is 11.8 Å². The Morgan fingerprint density at radius 3 is 2.67 bits per heavy atom. The lowest BCUT2D eigenvalue weighted by atomic mass is 9.74. The molecule has 5 heteroatoms. The molecular weight excluding hydrogens is 340 g/mol. The number of ether oxygens (including phenoxy) is 2. The Morgan fingerprint density at radius 1 is 1.04 bits per heavy atom. The van der Waals surface area contributed by atoms with Gasteiger partial charge in [0, 0.05) is 11.6 Å². The molecule has 0 aromatic heterocycles. The molecule has 5 nitrogen and oxygen atoms in total. The Labute approximate surface area is 158 Å². The molecule has 1 fully saturated rings. The summed E-state index contributed by atoms with van der Waals surface area (Å²) in [4.78, 5) is 12.5. The van der Waals surface area contributed by atoms with E-state index in [2.05, 4.69) is 22.7 Å². The highest BCUT2D eigenvalue weighted by molar-refractivity contribution is 5.99. The molecule has 2 aromatic carbocycles. The van der Waals surface area contributed by atoms with Gasteiger partial charge in [0.15, 0.2) is 0 Å². The monoisotopic (exact) mass is 362 g/mol. The summed E-state index contributed by atoms with van der Waals surface area (Å²) in [6.45, 7) is 0.750.